The van der Waals surface area contributed by atoms with Crippen LogP contribution in [0.25, 0.3) is 11.4 Å². The third-order valence-electron chi connectivity index (χ3n) is 7.55. The zero-order chi connectivity index (χ0) is 28.8. The SMILES string of the molecule is COC(=O)N1CCN(c2ccc(S(=O)(=O)Nc3cccc(-c4ncc(OCC5CCN(C)CC5)cn4)c3)cc2)CC1. The van der Waals surface area contributed by atoms with Crippen molar-refractivity contribution in [3.05, 3.63) is 60.9 Å². The number of nitrogens with one attached hydrogen (secondary N) is 1. The molecule has 2 aliphatic rings. The van der Waals surface area contributed by atoms with Crippen LogP contribution in [-0.4, -0.2) is 94.3 Å². The van der Waals surface area contributed by atoms with Crippen molar-refractivity contribution in [2.24, 2.45) is 5.92 Å². The molecule has 2 fully saturated rings. The average Bonchev–Trinajstić information content (AvgIpc) is 3.01. The van der Waals surface area contributed by atoms with E-state index in [1.54, 1.807) is 59.8 Å². The van der Waals surface area contributed by atoms with Crippen LogP contribution in [-0.2, 0) is 14.8 Å². The second-order valence-electron chi connectivity index (χ2n) is 10.4. The first-order valence-corrected chi connectivity index (χ1v) is 15.2. The van der Waals surface area contributed by atoms with Crippen molar-refractivity contribution < 1.29 is 22.7 Å². The van der Waals surface area contributed by atoms with Crippen LogP contribution in [0.2, 0.25) is 0 Å². The number of hydrogen-bond acceptors (Lipinski definition) is 9. The van der Waals surface area contributed by atoms with Gasteiger partial charge in [-0.2, -0.15) is 0 Å². The van der Waals surface area contributed by atoms with E-state index in [1.807, 2.05) is 6.07 Å². The summed E-state index contributed by atoms with van der Waals surface area (Å²) < 4.78 is 39.6. The maximum atomic E-state index is 13.1. The predicted molar refractivity (Wildman–Crippen MR) is 157 cm³/mol. The van der Waals surface area contributed by atoms with Gasteiger partial charge in [0, 0.05) is 43.1 Å². The Morgan fingerprint density at radius 2 is 1.66 bits per heavy atom. The normalized spacial score (nSPS) is 16.8. The van der Waals surface area contributed by atoms with Crippen LogP contribution < -0.4 is 14.4 Å². The number of aromatic nitrogens is 2. The average molecular weight is 581 g/mol. The first-order chi connectivity index (χ1) is 19.8. The van der Waals surface area contributed by atoms with E-state index in [4.69, 9.17) is 9.47 Å². The third-order valence-corrected chi connectivity index (χ3v) is 8.95. The Morgan fingerprint density at radius 3 is 2.32 bits per heavy atom. The lowest BCUT2D eigenvalue weighted by atomic mass is 9.98. The summed E-state index contributed by atoms with van der Waals surface area (Å²) in [5.74, 6) is 1.64. The number of piperazine rings is 1. The van der Waals surface area contributed by atoms with Gasteiger partial charge >= 0.3 is 6.09 Å². The van der Waals surface area contributed by atoms with Crippen LogP contribution in [0.3, 0.4) is 0 Å². The molecule has 1 aromatic heterocycles. The molecule has 2 aliphatic heterocycles. The summed E-state index contributed by atoms with van der Waals surface area (Å²) in [4.78, 5) is 26.8. The van der Waals surface area contributed by atoms with Crippen molar-refractivity contribution in [1.29, 1.82) is 0 Å². The number of likely N-dealkylation sites (tertiary alicyclic amines) is 1. The monoisotopic (exact) mass is 580 g/mol. The van der Waals surface area contributed by atoms with E-state index in [2.05, 4.69) is 31.5 Å². The molecule has 3 aromatic rings. The second kappa shape index (κ2) is 12.7. The number of anilines is 2. The highest BCUT2D eigenvalue weighted by Crippen LogP contribution is 2.25. The molecule has 0 unspecified atom stereocenters. The molecule has 0 spiro atoms. The number of nitrogens with zero attached hydrogens (tertiary/aromatic N) is 5. The van der Waals surface area contributed by atoms with E-state index in [9.17, 15) is 13.2 Å². The molecule has 1 amide bonds. The first-order valence-electron chi connectivity index (χ1n) is 13.8. The molecule has 2 saturated heterocycles. The van der Waals surface area contributed by atoms with E-state index < -0.39 is 10.0 Å². The quantitative estimate of drug-likeness (QED) is 0.427. The van der Waals surface area contributed by atoms with Crippen molar-refractivity contribution in [2.75, 3.05) is 69.7 Å². The lowest BCUT2D eigenvalue weighted by molar-refractivity contribution is 0.121. The van der Waals surface area contributed by atoms with Crippen molar-refractivity contribution in [2.45, 2.75) is 17.7 Å². The topological polar surface area (TPSA) is 117 Å². The van der Waals surface area contributed by atoms with E-state index in [1.165, 1.54) is 7.11 Å². The van der Waals surface area contributed by atoms with Gasteiger partial charge in [-0.15, -0.1) is 0 Å². The minimum atomic E-state index is -3.81. The van der Waals surface area contributed by atoms with Crippen LogP contribution in [0, 0.1) is 5.92 Å². The molecule has 1 N–H and O–H groups in total. The summed E-state index contributed by atoms with van der Waals surface area (Å²) in [6.07, 6.45) is 5.23. The van der Waals surface area contributed by atoms with Gasteiger partial charge < -0.3 is 24.2 Å². The number of hydrogen-bond donors (Lipinski definition) is 1. The highest BCUT2D eigenvalue weighted by atomic mass is 32.2. The lowest BCUT2D eigenvalue weighted by Gasteiger charge is -2.35. The molecule has 0 atom stereocenters. The molecule has 0 saturated carbocycles. The van der Waals surface area contributed by atoms with Crippen LogP contribution in [0.15, 0.2) is 65.8 Å². The minimum Gasteiger partial charge on any atom is -0.490 e. The summed E-state index contributed by atoms with van der Waals surface area (Å²) in [6, 6.07) is 13.7. The van der Waals surface area contributed by atoms with Gasteiger partial charge in [0.05, 0.1) is 31.0 Å². The summed E-state index contributed by atoms with van der Waals surface area (Å²) in [6.45, 7) is 5.20. The Kier molecular flexibility index (Phi) is 8.89. The Bertz CT molecular complexity index is 1420. The molecule has 0 radical (unpaired) electrons. The van der Waals surface area contributed by atoms with Crippen molar-refractivity contribution in [1.82, 2.24) is 19.8 Å². The van der Waals surface area contributed by atoms with Crippen LogP contribution in [0.5, 0.6) is 5.75 Å². The standard InChI is InChI=1S/C29H36N6O5S/c1-33-12-10-22(11-13-33)21-40-26-19-30-28(31-20-26)23-4-3-5-24(18-23)32-41(37,38)27-8-6-25(7-9-27)34-14-16-35(17-15-34)29(36)39-2/h3-9,18-20,22,32H,10-17,21H2,1-2H3. The molecule has 0 bridgehead atoms. The highest BCUT2D eigenvalue weighted by molar-refractivity contribution is 7.92. The molecule has 41 heavy (non-hydrogen) atoms. The zero-order valence-corrected chi connectivity index (χ0v) is 24.2. The van der Waals surface area contributed by atoms with E-state index in [0.29, 0.717) is 61.5 Å². The molecule has 11 nitrogen and oxygen atoms in total. The third kappa shape index (κ3) is 7.25. The Hall–Kier alpha value is -3.90. The number of carbonyl (C=O) groups excluding carboxylic acids is 1. The number of rotatable bonds is 8. The van der Waals surface area contributed by atoms with Gasteiger partial charge in [0.25, 0.3) is 10.0 Å². The van der Waals surface area contributed by atoms with Crippen molar-refractivity contribution in [3.63, 3.8) is 0 Å². The smallest absolute Gasteiger partial charge is 0.409 e. The Balaban J connectivity index is 1.18. The first kappa shape index (κ1) is 28.6. The summed E-state index contributed by atoms with van der Waals surface area (Å²) in [5, 5.41) is 0. The van der Waals surface area contributed by atoms with Gasteiger partial charge in [0.2, 0.25) is 0 Å². The fourth-order valence-corrected chi connectivity index (χ4v) is 6.08. The Morgan fingerprint density at radius 1 is 0.976 bits per heavy atom. The number of methoxy groups -OCH3 is 1. The summed E-state index contributed by atoms with van der Waals surface area (Å²) in [7, 11) is -0.302. The van der Waals surface area contributed by atoms with Gasteiger partial charge in [0.15, 0.2) is 11.6 Å². The van der Waals surface area contributed by atoms with Gasteiger partial charge in [-0.3, -0.25) is 4.72 Å². The predicted octanol–water partition coefficient (Wildman–Crippen LogP) is 3.55. The molecule has 3 heterocycles. The van der Waals surface area contributed by atoms with Crippen molar-refractivity contribution in [3.8, 4) is 17.1 Å². The van der Waals surface area contributed by atoms with E-state index in [-0.39, 0.29) is 11.0 Å². The number of sulfonamides is 1. The minimum absolute atomic E-state index is 0.155. The Labute approximate surface area is 241 Å². The highest BCUT2D eigenvalue weighted by Gasteiger charge is 2.22. The van der Waals surface area contributed by atoms with Gasteiger partial charge in [-0.25, -0.2) is 23.2 Å². The maximum Gasteiger partial charge on any atom is 0.409 e. The number of benzene rings is 2. The summed E-state index contributed by atoms with van der Waals surface area (Å²) in [5.41, 5.74) is 2.00. The molecule has 218 valence electrons. The number of amides is 1. The van der Waals surface area contributed by atoms with Gasteiger partial charge in [0.1, 0.15) is 0 Å². The molecular formula is C29H36N6O5S. The molecular weight excluding hydrogens is 544 g/mol. The van der Waals surface area contributed by atoms with E-state index in [0.717, 1.165) is 31.6 Å². The van der Waals surface area contributed by atoms with Gasteiger partial charge in [-0.05, 0) is 75.3 Å². The number of ether oxygens (including phenoxy) is 2. The largest absolute Gasteiger partial charge is 0.490 e. The molecule has 2 aromatic carbocycles. The second-order valence-corrected chi connectivity index (χ2v) is 12.1. The van der Waals surface area contributed by atoms with Gasteiger partial charge in [-0.1, -0.05) is 12.1 Å². The van der Waals surface area contributed by atoms with E-state index >= 15 is 0 Å². The lowest BCUT2D eigenvalue weighted by Crippen LogP contribution is -2.48. The van der Waals surface area contributed by atoms with Crippen LogP contribution in [0.1, 0.15) is 12.8 Å². The maximum absolute atomic E-state index is 13.1. The number of piperidine rings is 1. The number of carbonyl (C=O) groups is 1. The van der Waals surface area contributed by atoms with Crippen LogP contribution >= 0.6 is 0 Å². The molecule has 12 heteroatoms. The fraction of sp³-hybridized carbons (Fsp3) is 0.414. The summed E-state index contributed by atoms with van der Waals surface area (Å²) >= 11 is 0. The van der Waals surface area contributed by atoms with Crippen LogP contribution in [0.4, 0.5) is 16.2 Å². The molecule has 0 aliphatic carbocycles. The van der Waals surface area contributed by atoms with Crippen molar-refractivity contribution >= 4 is 27.5 Å². The zero-order valence-electron chi connectivity index (χ0n) is 23.4. The fourth-order valence-electron chi connectivity index (χ4n) is 5.03. The molecule has 5 rings (SSSR count).